The highest BCUT2D eigenvalue weighted by atomic mass is 15.4. The summed E-state index contributed by atoms with van der Waals surface area (Å²) in [6, 6.07) is 0. The lowest BCUT2D eigenvalue weighted by Crippen LogP contribution is -2.08. The molecule has 0 aliphatic heterocycles. The number of imidazole rings is 1. The van der Waals surface area contributed by atoms with Crippen LogP contribution in [0.15, 0.2) is 25.0 Å². The average Bonchev–Trinajstić information content (AvgIpc) is 3.05. The van der Waals surface area contributed by atoms with Gasteiger partial charge < -0.3 is 10.3 Å². The summed E-state index contributed by atoms with van der Waals surface area (Å²) in [6.07, 6.45) is 7.57. The molecule has 0 saturated heterocycles. The normalized spacial score (nSPS) is 10.9. The SMILES string of the molecule is c1cn(CCCNc2ncnc3nc[nH]c23)nn1. The Hall–Kier alpha value is -2.51. The predicted octanol–water partition coefficient (Wildman–Crippen LogP) is 0.447. The van der Waals surface area contributed by atoms with Gasteiger partial charge >= 0.3 is 0 Å². The molecule has 3 aromatic rings. The second kappa shape index (κ2) is 4.78. The van der Waals surface area contributed by atoms with Gasteiger partial charge in [0.05, 0.1) is 12.5 Å². The van der Waals surface area contributed by atoms with Crippen molar-refractivity contribution in [2.75, 3.05) is 11.9 Å². The summed E-state index contributed by atoms with van der Waals surface area (Å²) in [5.41, 5.74) is 1.50. The number of fused-ring (bicyclic) bond motifs is 1. The van der Waals surface area contributed by atoms with E-state index in [-0.39, 0.29) is 0 Å². The van der Waals surface area contributed by atoms with E-state index in [1.165, 1.54) is 6.33 Å². The zero-order valence-electron chi connectivity index (χ0n) is 9.61. The van der Waals surface area contributed by atoms with Crippen LogP contribution in [0.3, 0.4) is 0 Å². The first kappa shape index (κ1) is 10.6. The molecule has 0 aliphatic carbocycles. The summed E-state index contributed by atoms with van der Waals surface area (Å²) in [5.74, 6) is 0.774. The molecule has 92 valence electrons. The summed E-state index contributed by atoms with van der Waals surface area (Å²) in [7, 11) is 0. The van der Waals surface area contributed by atoms with Gasteiger partial charge in [-0.15, -0.1) is 5.10 Å². The number of aromatic amines is 1. The molecule has 0 saturated carbocycles. The third kappa shape index (κ3) is 2.12. The summed E-state index contributed by atoms with van der Waals surface area (Å²) >= 11 is 0. The molecule has 8 nitrogen and oxygen atoms in total. The van der Waals surface area contributed by atoms with Gasteiger partial charge in [0.2, 0.25) is 0 Å². The molecule has 0 aromatic carbocycles. The van der Waals surface area contributed by atoms with Crippen molar-refractivity contribution in [2.45, 2.75) is 13.0 Å². The Morgan fingerprint density at radius 1 is 1.28 bits per heavy atom. The summed E-state index contributed by atoms with van der Waals surface area (Å²) < 4.78 is 1.80. The number of rotatable bonds is 5. The fourth-order valence-corrected chi connectivity index (χ4v) is 1.70. The van der Waals surface area contributed by atoms with Crippen molar-refractivity contribution in [3.8, 4) is 0 Å². The molecule has 0 bridgehead atoms. The molecule has 0 unspecified atom stereocenters. The van der Waals surface area contributed by atoms with Crippen LogP contribution in [0.1, 0.15) is 6.42 Å². The van der Waals surface area contributed by atoms with Gasteiger partial charge in [0.25, 0.3) is 0 Å². The standard InChI is InChI=1S/C10H12N8/c1(4-18-5-3-16-17-18)2-11-9-8-10(13-6-12-8)15-7-14-9/h3,5-7H,1-2,4H2,(H2,11,12,13,14,15). The van der Waals surface area contributed by atoms with Gasteiger partial charge in [-0.25, -0.2) is 15.0 Å². The van der Waals surface area contributed by atoms with E-state index < -0.39 is 0 Å². The van der Waals surface area contributed by atoms with Gasteiger partial charge in [-0.2, -0.15) is 0 Å². The molecule has 0 spiro atoms. The highest BCUT2D eigenvalue weighted by Gasteiger charge is 2.04. The smallest absolute Gasteiger partial charge is 0.182 e. The molecule has 0 amide bonds. The molecular formula is C10H12N8. The van der Waals surface area contributed by atoms with Gasteiger partial charge in [0.15, 0.2) is 11.5 Å². The molecule has 3 rings (SSSR count). The Morgan fingerprint density at radius 2 is 2.28 bits per heavy atom. The van der Waals surface area contributed by atoms with E-state index in [1.807, 2.05) is 6.20 Å². The minimum atomic E-state index is 0.670. The number of nitrogens with one attached hydrogen (secondary N) is 2. The number of H-pyrrole nitrogens is 1. The molecule has 0 radical (unpaired) electrons. The van der Waals surface area contributed by atoms with Crippen LogP contribution >= 0.6 is 0 Å². The van der Waals surface area contributed by atoms with Crippen LogP contribution in [0.4, 0.5) is 5.82 Å². The van der Waals surface area contributed by atoms with Crippen molar-refractivity contribution in [3.63, 3.8) is 0 Å². The van der Waals surface area contributed by atoms with E-state index in [9.17, 15) is 0 Å². The second-order valence-electron chi connectivity index (χ2n) is 3.77. The Kier molecular flexibility index (Phi) is 2.82. The van der Waals surface area contributed by atoms with Gasteiger partial charge in [-0.1, -0.05) is 5.21 Å². The van der Waals surface area contributed by atoms with E-state index in [0.717, 1.165) is 30.8 Å². The number of hydrogen-bond acceptors (Lipinski definition) is 6. The zero-order valence-corrected chi connectivity index (χ0v) is 9.61. The minimum absolute atomic E-state index is 0.670. The molecule has 3 heterocycles. The number of anilines is 1. The van der Waals surface area contributed by atoms with Crippen LogP contribution in [0.2, 0.25) is 0 Å². The Balaban J connectivity index is 1.58. The number of hydrogen-bond donors (Lipinski definition) is 2. The fraction of sp³-hybridized carbons (Fsp3) is 0.300. The maximum atomic E-state index is 4.19. The molecular weight excluding hydrogens is 232 g/mol. The monoisotopic (exact) mass is 244 g/mol. The van der Waals surface area contributed by atoms with Gasteiger partial charge in [-0.05, 0) is 6.42 Å². The lowest BCUT2D eigenvalue weighted by Gasteiger charge is -2.05. The second-order valence-corrected chi connectivity index (χ2v) is 3.77. The fourth-order valence-electron chi connectivity index (χ4n) is 1.70. The lowest BCUT2D eigenvalue weighted by atomic mass is 10.4. The van der Waals surface area contributed by atoms with Crippen molar-refractivity contribution in [1.82, 2.24) is 34.9 Å². The molecule has 0 fully saturated rings. The highest BCUT2D eigenvalue weighted by molar-refractivity contribution is 5.81. The maximum absolute atomic E-state index is 4.19. The highest BCUT2D eigenvalue weighted by Crippen LogP contribution is 2.13. The number of nitrogens with zero attached hydrogens (tertiary/aromatic N) is 6. The van der Waals surface area contributed by atoms with Crippen LogP contribution in [0.5, 0.6) is 0 Å². The molecule has 8 heteroatoms. The first-order chi connectivity index (χ1) is 8.93. The van der Waals surface area contributed by atoms with Gasteiger partial charge in [0.1, 0.15) is 11.8 Å². The Bertz CT molecular complexity index is 614. The average molecular weight is 244 g/mol. The summed E-state index contributed by atoms with van der Waals surface area (Å²) in [5, 5.41) is 10.9. The van der Waals surface area contributed by atoms with Crippen molar-refractivity contribution >= 4 is 17.0 Å². The lowest BCUT2D eigenvalue weighted by molar-refractivity contribution is 0.569. The zero-order chi connectivity index (χ0) is 12.2. The van der Waals surface area contributed by atoms with Crippen LogP contribution in [-0.2, 0) is 6.54 Å². The van der Waals surface area contributed by atoms with Crippen molar-refractivity contribution in [3.05, 3.63) is 25.0 Å². The molecule has 0 aliphatic rings. The van der Waals surface area contributed by atoms with Crippen molar-refractivity contribution < 1.29 is 0 Å². The minimum Gasteiger partial charge on any atom is -0.368 e. The van der Waals surface area contributed by atoms with E-state index in [2.05, 4.69) is 35.6 Å². The molecule has 18 heavy (non-hydrogen) atoms. The Morgan fingerprint density at radius 3 is 3.17 bits per heavy atom. The van der Waals surface area contributed by atoms with Crippen molar-refractivity contribution in [1.29, 1.82) is 0 Å². The van der Waals surface area contributed by atoms with Gasteiger partial charge in [-0.3, -0.25) is 4.68 Å². The van der Waals surface area contributed by atoms with Crippen LogP contribution in [-0.4, -0.2) is 41.5 Å². The number of aryl methyl sites for hydroxylation is 1. The first-order valence-corrected chi connectivity index (χ1v) is 5.65. The van der Waals surface area contributed by atoms with E-state index in [1.54, 1.807) is 17.2 Å². The van der Waals surface area contributed by atoms with Crippen LogP contribution in [0.25, 0.3) is 11.2 Å². The summed E-state index contributed by atoms with van der Waals surface area (Å²) in [6.45, 7) is 1.62. The third-order valence-corrected chi connectivity index (χ3v) is 2.55. The van der Waals surface area contributed by atoms with E-state index in [4.69, 9.17) is 0 Å². The van der Waals surface area contributed by atoms with Crippen LogP contribution in [0, 0.1) is 0 Å². The largest absolute Gasteiger partial charge is 0.368 e. The van der Waals surface area contributed by atoms with Gasteiger partial charge in [0, 0.05) is 19.3 Å². The first-order valence-electron chi connectivity index (χ1n) is 5.65. The molecule has 0 atom stereocenters. The van der Waals surface area contributed by atoms with Crippen LogP contribution < -0.4 is 5.32 Å². The van der Waals surface area contributed by atoms with E-state index in [0.29, 0.717) is 5.65 Å². The predicted molar refractivity (Wildman–Crippen MR) is 64.8 cm³/mol. The summed E-state index contributed by atoms with van der Waals surface area (Å²) in [4.78, 5) is 15.3. The Labute approximate surface area is 102 Å². The van der Waals surface area contributed by atoms with Crippen molar-refractivity contribution in [2.24, 2.45) is 0 Å². The quantitative estimate of drug-likeness (QED) is 0.632. The topological polar surface area (TPSA) is 97.2 Å². The molecule has 2 N–H and O–H groups in total. The van der Waals surface area contributed by atoms with E-state index >= 15 is 0 Å². The maximum Gasteiger partial charge on any atom is 0.182 e. The number of aromatic nitrogens is 7. The molecule has 3 aromatic heterocycles. The third-order valence-electron chi connectivity index (χ3n) is 2.55.